The Bertz CT molecular complexity index is 633. The van der Waals surface area contributed by atoms with Crippen LogP contribution in [-0.2, 0) is 6.54 Å². The molecule has 2 heterocycles. The highest BCUT2D eigenvalue weighted by molar-refractivity contribution is 5.92. The summed E-state index contributed by atoms with van der Waals surface area (Å²) in [5.74, 6) is 1.16. The lowest BCUT2D eigenvalue weighted by molar-refractivity contribution is 0.418. The third kappa shape index (κ3) is 3.03. The summed E-state index contributed by atoms with van der Waals surface area (Å²) in [5.41, 5.74) is 1.52. The maximum atomic E-state index is 4.95. The van der Waals surface area contributed by atoms with E-state index in [0.29, 0.717) is 5.41 Å². The number of pyridine rings is 1. The van der Waals surface area contributed by atoms with Gasteiger partial charge in [0.25, 0.3) is 0 Å². The molecule has 0 unspecified atom stereocenters. The van der Waals surface area contributed by atoms with E-state index >= 15 is 0 Å². The number of hydrogen-bond donors (Lipinski definition) is 1. The molecule has 1 aliphatic rings. The lowest BCUT2D eigenvalue weighted by atomic mass is 9.93. The van der Waals surface area contributed by atoms with Crippen molar-refractivity contribution in [3.63, 3.8) is 0 Å². The fourth-order valence-electron chi connectivity index (χ4n) is 3.11. The molecule has 112 valence electrons. The van der Waals surface area contributed by atoms with Gasteiger partial charge in [-0.05, 0) is 29.8 Å². The van der Waals surface area contributed by atoms with Crippen LogP contribution in [0, 0.1) is 5.41 Å². The van der Waals surface area contributed by atoms with Crippen molar-refractivity contribution in [2.45, 2.75) is 33.7 Å². The van der Waals surface area contributed by atoms with Crippen LogP contribution < -0.4 is 10.2 Å². The summed E-state index contributed by atoms with van der Waals surface area (Å²) in [4.78, 5) is 7.41. The van der Waals surface area contributed by atoms with Crippen molar-refractivity contribution in [1.29, 1.82) is 0 Å². The molecule has 0 spiro atoms. The predicted molar refractivity (Wildman–Crippen MR) is 89.7 cm³/mol. The average molecular weight is 283 g/mol. The number of benzene rings is 1. The smallest absolute Gasteiger partial charge is 0.136 e. The van der Waals surface area contributed by atoms with E-state index < -0.39 is 0 Å². The topological polar surface area (TPSA) is 28.2 Å². The lowest BCUT2D eigenvalue weighted by Gasteiger charge is -2.23. The van der Waals surface area contributed by atoms with Gasteiger partial charge < -0.3 is 10.2 Å². The highest BCUT2D eigenvalue weighted by Crippen LogP contribution is 2.35. The second kappa shape index (κ2) is 5.64. The third-order valence-corrected chi connectivity index (χ3v) is 4.31. The molecular formula is C18H25N3. The minimum atomic E-state index is 0.389. The van der Waals surface area contributed by atoms with E-state index in [4.69, 9.17) is 4.98 Å². The van der Waals surface area contributed by atoms with Gasteiger partial charge in [0.05, 0.1) is 5.69 Å². The van der Waals surface area contributed by atoms with Crippen LogP contribution in [0.2, 0.25) is 0 Å². The number of rotatable bonds is 4. The second-order valence-electron chi connectivity index (χ2n) is 6.77. The molecular weight excluding hydrogens is 258 g/mol. The zero-order valence-corrected chi connectivity index (χ0v) is 13.3. The molecule has 0 amide bonds. The first-order valence-electron chi connectivity index (χ1n) is 7.93. The minimum absolute atomic E-state index is 0.389. The molecule has 1 aliphatic heterocycles. The predicted octanol–water partition coefficient (Wildman–Crippen LogP) is 3.58. The highest BCUT2D eigenvalue weighted by Gasteiger charge is 2.30. The molecule has 0 aliphatic carbocycles. The van der Waals surface area contributed by atoms with Gasteiger partial charge in [-0.1, -0.05) is 45.0 Å². The summed E-state index contributed by atoms with van der Waals surface area (Å²) in [6, 6.07) is 10.8. The molecule has 1 fully saturated rings. The van der Waals surface area contributed by atoms with Crippen molar-refractivity contribution < 1.29 is 0 Å². The number of anilines is 1. The highest BCUT2D eigenvalue weighted by atomic mass is 15.2. The van der Waals surface area contributed by atoms with E-state index in [2.05, 4.69) is 61.3 Å². The first kappa shape index (κ1) is 14.3. The zero-order valence-electron chi connectivity index (χ0n) is 13.3. The zero-order chi connectivity index (χ0) is 14.9. The van der Waals surface area contributed by atoms with Crippen LogP contribution in [0.25, 0.3) is 10.8 Å². The van der Waals surface area contributed by atoms with Gasteiger partial charge >= 0.3 is 0 Å². The van der Waals surface area contributed by atoms with Gasteiger partial charge in [-0.2, -0.15) is 0 Å². The maximum Gasteiger partial charge on any atom is 0.136 e. The summed E-state index contributed by atoms with van der Waals surface area (Å²) in [6.45, 7) is 10.8. The van der Waals surface area contributed by atoms with Crippen molar-refractivity contribution >= 4 is 16.6 Å². The molecule has 0 saturated carbocycles. The Morgan fingerprint density at radius 2 is 2.10 bits per heavy atom. The van der Waals surface area contributed by atoms with Crippen LogP contribution in [0.5, 0.6) is 0 Å². The van der Waals surface area contributed by atoms with Crippen LogP contribution in [0.4, 0.5) is 5.82 Å². The van der Waals surface area contributed by atoms with Crippen molar-refractivity contribution in [3.8, 4) is 0 Å². The summed E-state index contributed by atoms with van der Waals surface area (Å²) in [6.07, 6.45) is 1.24. The first-order chi connectivity index (χ1) is 10.1. The number of hydrogen-bond acceptors (Lipinski definition) is 3. The summed E-state index contributed by atoms with van der Waals surface area (Å²) >= 11 is 0. The molecule has 0 radical (unpaired) electrons. The third-order valence-electron chi connectivity index (χ3n) is 4.31. The van der Waals surface area contributed by atoms with Gasteiger partial charge in [0, 0.05) is 25.0 Å². The van der Waals surface area contributed by atoms with Crippen LogP contribution in [0.3, 0.4) is 0 Å². The molecule has 1 aromatic heterocycles. The quantitative estimate of drug-likeness (QED) is 0.929. The van der Waals surface area contributed by atoms with Crippen molar-refractivity contribution in [2.24, 2.45) is 5.41 Å². The van der Waals surface area contributed by atoms with Gasteiger partial charge in [0.2, 0.25) is 0 Å². The monoisotopic (exact) mass is 283 g/mol. The fraction of sp³-hybridized carbons (Fsp3) is 0.500. The van der Waals surface area contributed by atoms with E-state index in [1.165, 1.54) is 17.2 Å². The summed E-state index contributed by atoms with van der Waals surface area (Å²) < 4.78 is 0. The largest absolute Gasteiger partial charge is 0.356 e. The normalized spacial score (nSPS) is 17.6. The molecule has 2 aromatic rings. The first-order valence-corrected chi connectivity index (χ1v) is 7.93. The summed E-state index contributed by atoms with van der Waals surface area (Å²) in [5, 5.41) is 5.95. The standard InChI is InChI=1S/C18H25N3/c1-4-19-12-15-11-14-7-5-6-8-16(14)17(20-15)21-10-9-18(2,3)13-21/h5-8,11,19H,4,9-10,12-13H2,1-3H3. The fourth-order valence-corrected chi connectivity index (χ4v) is 3.11. The second-order valence-corrected chi connectivity index (χ2v) is 6.77. The molecule has 0 atom stereocenters. The summed E-state index contributed by atoms with van der Waals surface area (Å²) in [7, 11) is 0. The molecule has 3 nitrogen and oxygen atoms in total. The Kier molecular flexibility index (Phi) is 3.85. The molecule has 21 heavy (non-hydrogen) atoms. The lowest BCUT2D eigenvalue weighted by Crippen LogP contribution is -2.24. The molecule has 1 aromatic carbocycles. The van der Waals surface area contributed by atoms with E-state index in [-0.39, 0.29) is 0 Å². The Morgan fingerprint density at radius 3 is 2.81 bits per heavy atom. The van der Waals surface area contributed by atoms with Gasteiger partial charge in [-0.15, -0.1) is 0 Å². The Labute approximate surface area is 127 Å². The minimum Gasteiger partial charge on any atom is -0.356 e. The Morgan fingerprint density at radius 1 is 1.29 bits per heavy atom. The van der Waals surface area contributed by atoms with Crippen molar-refractivity contribution in [3.05, 3.63) is 36.0 Å². The van der Waals surface area contributed by atoms with Crippen LogP contribution in [0.1, 0.15) is 32.9 Å². The molecule has 0 bridgehead atoms. The molecule has 3 rings (SSSR count). The van der Waals surface area contributed by atoms with Gasteiger partial charge in [-0.3, -0.25) is 0 Å². The van der Waals surface area contributed by atoms with Crippen LogP contribution in [0.15, 0.2) is 30.3 Å². The number of fused-ring (bicyclic) bond motifs is 1. The number of nitrogens with zero attached hydrogens (tertiary/aromatic N) is 2. The SMILES string of the molecule is CCNCc1cc2ccccc2c(N2CCC(C)(C)C2)n1. The number of aromatic nitrogens is 1. The van der Waals surface area contributed by atoms with Gasteiger partial charge in [-0.25, -0.2) is 4.98 Å². The van der Waals surface area contributed by atoms with E-state index in [9.17, 15) is 0 Å². The Balaban J connectivity index is 2.02. The van der Waals surface area contributed by atoms with Gasteiger partial charge in [0.15, 0.2) is 0 Å². The van der Waals surface area contributed by atoms with Crippen LogP contribution in [-0.4, -0.2) is 24.6 Å². The maximum absolute atomic E-state index is 4.95. The van der Waals surface area contributed by atoms with E-state index in [0.717, 1.165) is 37.7 Å². The van der Waals surface area contributed by atoms with E-state index in [1.807, 2.05) is 0 Å². The molecule has 1 N–H and O–H groups in total. The van der Waals surface area contributed by atoms with E-state index in [1.54, 1.807) is 0 Å². The van der Waals surface area contributed by atoms with Crippen LogP contribution >= 0.6 is 0 Å². The molecule has 1 saturated heterocycles. The average Bonchev–Trinajstić information content (AvgIpc) is 2.84. The van der Waals surface area contributed by atoms with Gasteiger partial charge in [0.1, 0.15) is 5.82 Å². The van der Waals surface area contributed by atoms with Crippen molar-refractivity contribution in [2.75, 3.05) is 24.5 Å². The molecule has 3 heteroatoms. The Hall–Kier alpha value is -1.61. The number of nitrogens with one attached hydrogen (secondary N) is 1. The van der Waals surface area contributed by atoms with Crippen molar-refractivity contribution in [1.82, 2.24) is 10.3 Å².